The van der Waals surface area contributed by atoms with Crippen LogP contribution in [0.5, 0.6) is 5.75 Å². The lowest BCUT2D eigenvalue weighted by Crippen LogP contribution is -2.23. The summed E-state index contributed by atoms with van der Waals surface area (Å²) in [5.74, 6) is 0.609. The molecule has 0 spiro atoms. The number of methoxy groups -OCH3 is 1. The zero-order chi connectivity index (χ0) is 17.3. The number of carbonyl (C=O) groups excluding carboxylic acids is 1. The van der Waals surface area contributed by atoms with Crippen LogP contribution in [0.15, 0.2) is 41.5 Å². The standard InChI is InChI=1S/C17H18N4O3/c1-10(2)21-14(7-8-19-21)20-17(23)12-9-18-15-11(16(12)22)5-4-6-13(15)24-3/h4-10H,1-3H3,(H,18,22)(H,20,23). The first kappa shape index (κ1) is 15.8. The Bertz CT molecular complexity index is 956. The van der Waals surface area contributed by atoms with Crippen molar-refractivity contribution in [3.05, 3.63) is 52.4 Å². The van der Waals surface area contributed by atoms with E-state index in [0.29, 0.717) is 22.5 Å². The van der Waals surface area contributed by atoms with Gasteiger partial charge in [0, 0.05) is 18.3 Å². The molecule has 7 nitrogen and oxygen atoms in total. The number of nitrogens with one attached hydrogen (secondary N) is 2. The molecule has 0 bridgehead atoms. The fraction of sp³-hybridized carbons (Fsp3) is 0.235. The minimum Gasteiger partial charge on any atom is -0.495 e. The lowest BCUT2D eigenvalue weighted by atomic mass is 10.1. The summed E-state index contributed by atoms with van der Waals surface area (Å²) < 4.78 is 6.90. The van der Waals surface area contributed by atoms with E-state index in [2.05, 4.69) is 15.4 Å². The molecule has 3 rings (SSSR count). The number of pyridine rings is 1. The Morgan fingerprint density at radius 3 is 2.83 bits per heavy atom. The van der Waals surface area contributed by atoms with E-state index in [4.69, 9.17) is 4.74 Å². The van der Waals surface area contributed by atoms with Gasteiger partial charge in [0.05, 0.1) is 24.2 Å². The molecule has 7 heteroatoms. The van der Waals surface area contributed by atoms with Gasteiger partial charge >= 0.3 is 0 Å². The molecule has 0 saturated heterocycles. The maximum absolute atomic E-state index is 12.6. The highest BCUT2D eigenvalue weighted by atomic mass is 16.5. The van der Waals surface area contributed by atoms with Crippen LogP contribution >= 0.6 is 0 Å². The summed E-state index contributed by atoms with van der Waals surface area (Å²) in [6, 6.07) is 6.90. The maximum atomic E-state index is 12.6. The monoisotopic (exact) mass is 326 g/mol. The van der Waals surface area contributed by atoms with Gasteiger partial charge in [-0.05, 0) is 26.0 Å². The average Bonchev–Trinajstić information content (AvgIpc) is 3.03. The molecule has 0 radical (unpaired) electrons. The molecule has 0 atom stereocenters. The van der Waals surface area contributed by atoms with Gasteiger partial charge in [0.25, 0.3) is 5.91 Å². The molecule has 1 aromatic carbocycles. The van der Waals surface area contributed by atoms with Crippen LogP contribution < -0.4 is 15.5 Å². The van der Waals surface area contributed by atoms with Crippen molar-refractivity contribution in [3.8, 4) is 5.75 Å². The van der Waals surface area contributed by atoms with Crippen molar-refractivity contribution in [2.75, 3.05) is 12.4 Å². The smallest absolute Gasteiger partial charge is 0.262 e. The summed E-state index contributed by atoms with van der Waals surface area (Å²) in [4.78, 5) is 28.1. The van der Waals surface area contributed by atoms with Gasteiger partial charge in [0.2, 0.25) is 5.43 Å². The molecule has 0 saturated carbocycles. The van der Waals surface area contributed by atoms with E-state index in [1.807, 2.05) is 13.8 Å². The fourth-order valence-corrected chi connectivity index (χ4v) is 2.57. The van der Waals surface area contributed by atoms with Gasteiger partial charge in [0.1, 0.15) is 17.1 Å². The van der Waals surface area contributed by atoms with Crippen LogP contribution in [0.1, 0.15) is 30.2 Å². The summed E-state index contributed by atoms with van der Waals surface area (Å²) in [6.07, 6.45) is 3.00. The molecule has 2 aromatic heterocycles. The fourth-order valence-electron chi connectivity index (χ4n) is 2.57. The third-order valence-corrected chi connectivity index (χ3v) is 3.74. The summed E-state index contributed by atoms with van der Waals surface area (Å²) in [7, 11) is 1.53. The third kappa shape index (κ3) is 2.64. The number of aromatic nitrogens is 3. The minimum atomic E-state index is -0.483. The number of hydrogen-bond acceptors (Lipinski definition) is 4. The van der Waals surface area contributed by atoms with Crippen molar-refractivity contribution in [2.45, 2.75) is 19.9 Å². The second kappa shape index (κ2) is 6.19. The number of H-pyrrole nitrogens is 1. The number of rotatable bonds is 4. The van der Waals surface area contributed by atoms with Crippen LogP contribution in [0, 0.1) is 0 Å². The van der Waals surface area contributed by atoms with Crippen LogP contribution in [0.25, 0.3) is 10.9 Å². The zero-order valence-corrected chi connectivity index (χ0v) is 13.7. The van der Waals surface area contributed by atoms with E-state index < -0.39 is 5.91 Å². The highest BCUT2D eigenvalue weighted by molar-refractivity contribution is 6.05. The van der Waals surface area contributed by atoms with Crippen molar-refractivity contribution >= 4 is 22.6 Å². The minimum absolute atomic E-state index is 0.0345. The molecule has 24 heavy (non-hydrogen) atoms. The van der Waals surface area contributed by atoms with Crippen LogP contribution in [-0.2, 0) is 0 Å². The maximum Gasteiger partial charge on any atom is 0.262 e. The molecule has 1 amide bonds. The van der Waals surface area contributed by atoms with Crippen molar-refractivity contribution in [1.29, 1.82) is 0 Å². The predicted octanol–water partition coefficient (Wildman–Crippen LogP) is 2.57. The average molecular weight is 326 g/mol. The van der Waals surface area contributed by atoms with Gasteiger partial charge < -0.3 is 15.0 Å². The van der Waals surface area contributed by atoms with Crippen molar-refractivity contribution in [2.24, 2.45) is 0 Å². The number of nitrogens with zero attached hydrogens (tertiary/aromatic N) is 2. The number of benzene rings is 1. The quantitative estimate of drug-likeness (QED) is 0.771. The number of anilines is 1. The van der Waals surface area contributed by atoms with Crippen LogP contribution in [0.2, 0.25) is 0 Å². The van der Waals surface area contributed by atoms with Gasteiger partial charge in [-0.25, -0.2) is 4.68 Å². The zero-order valence-electron chi connectivity index (χ0n) is 13.7. The summed E-state index contributed by atoms with van der Waals surface area (Å²) in [5.41, 5.74) is 0.247. The molecule has 124 valence electrons. The van der Waals surface area contributed by atoms with E-state index in [1.165, 1.54) is 13.3 Å². The van der Waals surface area contributed by atoms with Crippen molar-refractivity contribution in [3.63, 3.8) is 0 Å². The van der Waals surface area contributed by atoms with E-state index in [9.17, 15) is 9.59 Å². The first-order valence-electron chi connectivity index (χ1n) is 7.56. The molecular weight excluding hydrogens is 308 g/mol. The number of ether oxygens (including phenoxy) is 1. The molecule has 0 unspecified atom stereocenters. The van der Waals surface area contributed by atoms with Gasteiger partial charge in [0.15, 0.2) is 0 Å². The summed E-state index contributed by atoms with van der Waals surface area (Å²) in [5, 5.41) is 7.29. The number of amides is 1. The predicted molar refractivity (Wildman–Crippen MR) is 91.7 cm³/mol. The highest BCUT2D eigenvalue weighted by Gasteiger charge is 2.16. The van der Waals surface area contributed by atoms with Gasteiger partial charge in [-0.1, -0.05) is 6.07 Å². The van der Waals surface area contributed by atoms with Gasteiger partial charge in [-0.15, -0.1) is 0 Å². The van der Waals surface area contributed by atoms with E-state index >= 15 is 0 Å². The van der Waals surface area contributed by atoms with Crippen molar-refractivity contribution in [1.82, 2.24) is 14.8 Å². The lowest BCUT2D eigenvalue weighted by molar-refractivity contribution is 0.102. The SMILES string of the molecule is COc1cccc2c(=O)c(C(=O)Nc3ccnn3C(C)C)c[nH]c12. The molecule has 2 heterocycles. The molecule has 0 aliphatic rings. The van der Waals surface area contributed by atoms with E-state index in [0.717, 1.165) is 0 Å². The number of para-hydroxylation sites is 1. The van der Waals surface area contributed by atoms with Crippen molar-refractivity contribution < 1.29 is 9.53 Å². The second-order valence-corrected chi connectivity index (χ2v) is 5.62. The molecule has 3 aromatic rings. The Morgan fingerprint density at radius 2 is 2.12 bits per heavy atom. The number of fused-ring (bicyclic) bond motifs is 1. The number of carbonyl (C=O) groups is 1. The Kier molecular flexibility index (Phi) is 4.07. The van der Waals surface area contributed by atoms with Crippen LogP contribution in [0.4, 0.5) is 5.82 Å². The Morgan fingerprint density at radius 1 is 1.33 bits per heavy atom. The number of aromatic amines is 1. The number of hydrogen-bond donors (Lipinski definition) is 2. The topological polar surface area (TPSA) is 89.0 Å². The van der Waals surface area contributed by atoms with Gasteiger partial charge in [-0.2, -0.15) is 5.10 Å². The highest BCUT2D eigenvalue weighted by Crippen LogP contribution is 2.21. The van der Waals surface area contributed by atoms with E-state index in [1.54, 1.807) is 35.1 Å². The lowest BCUT2D eigenvalue weighted by Gasteiger charge is -2.12. The third-order valence-electron chi connectivity index (χ3n) is 3.74. The Labute approximate surface area is 138 Å². The van der Waals surface area contributed by atoms with Crippen LogP contribution in [0.3, 0.4) is 0 Å². The normalized spacial score (nSPS) is 11.0. The largest absolute Gasteiger partial charge is 0.495 e. The van der Waals surface area contributed by atoms with Gasteiger partial charge in [-0.3, -0.25) is 9.59 Å². The molecule has 2 N–H and O–H groups in total. The van der Waals surface area contributed by atoms with Crippen LogP contribution in [-0.4, -0.2) is 27.8 Å². The molecular formula is C17H18N4O3. The molecule has 0 fully saturated rings. The Hall–Kier alpha value is -3.09. The first-order chi connectivity index (χ1) is 11.5. The summed E-state index contributed by atoms with van der Waals surface area (Å²) in [6.45, 7) is 3.91. The molecule has 0 aliphatic carbocycles. The molecule has 0 aliphatic heterocycles. The Balaban J connectivity index is 2.00. The second-order valence-electron chi connectivity index (χ2n) is 5.62. The first-order valence-corrected chi connectivity index (χ1v) is 7.56. The summed E-state index contributed by atoms with van der Waals surface area (Å²) >= 11 is 0. The van der Waals surface area contributed by atoms with E-state index in [-0.39, 0.29) is 17.0 Å².